The second kappa shape index (κ2) is 4.07. The van der Waals surface area contributed by atoms with Gasteiger partial charge in [0, 0.05) is 0 Å². The minimum atomic E-state index is -0.378. The second-order valence-electron chi connectivity index (χ2n) is 4.57. The summed E-state index contributed by atoms with van der Waals surface area (Å²) in [6.07, 6.45) is 6.33. The third-order valence-electron chi connectivity index (χ3n) is 3.79. The van der Waals surface area contributed by atoms with Crippen LogP contribution < -0.4 is 5.73 Å². The number of carbonyl (C=O) groups is 1. The van der Waals surface area contributed by atoms with E-state index in [4.69, 9.17) is 5.73 Å². The molecule has 2 aliphatic carbocycles. The first kappa shape index (κ1) is 11.8. The van der Waals surface area contributed by atoms with Crippen molar-refractivity contribution in [3.8, 4) is 0 Å². The molecule has 2 fully saturated rings. The van der Waals surface area contributed by atoms with Crippen LogP contribution in [0.1, 0.15) is 32.1 Å². The minimum Gasteiger partial charge on any atom is -0.468 e. The van der Waals surface area contributed by atoms with Gasteiger partial charge in [-0.15, -0.1) is 12.4 Å². The average molecular weight is 220 g/mol. The average Bonchev–Trinajstić information content (AvgIpc) is 1.97. The van der Waals surface area contributed by atoms with Crippen LogP contribution in [-0.2, 0) is 9.53 Å². The zero-order valence-corrected chi connectivity index (χ0v) is 9.31. The van der Waals surface area contributed by atoms with E-state index in [1.807, 2.05) is 0 Å². The monoisotopic (exact) mass is 219 g/mol. The lowest BCUT2D eigenvalue weighted by molar-refractivity contribution is -0.147. The Balaban J connectivity index is 0.000000980. The second-order valence-corrected chi connectivity index (χ2v) is 4.57. The largest absolute Gasteiger partial charge is 0.468 e. The summed E-state index contributed by atoms with van der Waals surface area (Å²) in [5.41, 5.74) is 6.35. The summed E-state index contributed by atoms with van der Waals surface area (Å²) in [4.78, 5) is 11.1. The Kier molecular flexibility index (Phi) is 3.43. The Labute approximate surface area is 90.8 Å². The third kappa shape index (κ3) is 1.75. The highest BCUT2D eigenvalue weighted by molar-refractivity contribution is 5.85. The van der Waals surface area contributed by atoms with Crippen LogP contribution >= 0.6 is 12.4 Å². The standard InChI is InChI=1S/C10H17NO2.ClH/c1-13-9(12)8(11)7-5-10(6-7)3-2-4-10;/h7-8H,2-6,11H2,1H3;1H. The van der Waals surface area contributed by atoms with E-state index in [1.165, 1.54) is 26.4 Å². The predicted octanol–water partition coefficient (Wildman–Crippen LogP) is 1.49. The first-order valence-corrected chi connectivity index (χ1v) is 5.00. The number of rotatable bonds is 2. The molecule has 1 spiro atoms. The molecule has 0 aromatic heterocycles. The van der Waals surface area contributed by atoms with Gasteiger partial charge in [0.1, 0.15) is 6.04 Å². The molecule has 14 heavy (non-hydrogen) atoms. The molecule has 0 bridgehead atoms. The maximum Gasteiger partial charge on any atom is 0.322 e. The van der Waals surface area contributed by atoms with E-state index >= 15 is 0 Å². The van der Waals surface area contributed by atoms with Gasteiger partial charge in [-0.1, -0.05) is 6.42 Å². The molecule has 1 atom stereocenters. The molecule has 4 heteroatoms. The minimum absolute atomic E-state index is 0. The number of hydrogen-bond acceptors (Lipinski definition) is 3. The Hall–Kier alpha value is -0.280. The molecular formula is C10H18ClNO2. The molecule has 0 aromatic carbocycles. The van der Waals surface area contributed by atoms with E-state index in [-0.39, 0.29) is 24.4 Å². The molecule has 2 aliphatic rings. The van der Waals surface area contributed by atoms with Crippen LogP contribution in [0.15, 0.2) is 0 Å². The van der Waals surface area contributed by atoms with Crippen LogP contribution in [0.25, 0.3) is 0 Å². The van der Waals surface area contributed by atoms with Crippen LogP contribution in [-0.4, -0.2) is 19.1 Å². The Morgan fingerprint density at radius 2 is 2.07 bits per heavy atom. The molecule has 3 nitrogen and oxygen atoms in total. The van der Waals surface area contributed by atoms with Crippen LogP contribution in [0.5, 0.6) is 0 Å². The predicted molar refractivity (Wildman–Crippen MR) is 56.2 cm³/mol. The fourth-order valence-corrected chi connectivity index (χ4v) is 2.72. The van der Waals surface area contributed by atoms with Gasteiger partial charge in [0.15, 0.2) is 0 Å². The molecule has 2 saturated carbocycles. The number of carbonyl (C=O) groups excluding carboxylic acids is 1. The smallest absolute Gasteiger partial charge is 0.322 e. The van der Waals surface area contributed by atoms with Crippen molar-refractivity contribution >= 4 is 18.4 Å². The molecule has 0 heterocycles. The quantitative estimate of drug-likeness (QED) is 0.716. The summed E-state index contributed by atoms with van der Waals surface area (Å²) in [7, 11) is 1.40. The van der Waals surface area contributed by atoms with Gasteiger partial charge in [-0.2, -0.15) is 0 Å². The fraction of sp³-hybridized carbons (Fsp3) is 0.900. The van der Waals surface area contributed by atoms with Crippen molar-refractivity contribution in [3.63, 3.8) is 0 Å². The summed E-state index contributed by atoms with van der Waals surface area (Å²) >= 11 is 0. The van der Waals surface area contributed by atoms with E-state index in [0.29, 0.717) is 11.3 Å². The van der Waals surface area contributed by atoms with E-state index in [1.54, 1.807) is 0 Å². The number of esters is 1. The van der Waals surface area contributed by atoms with Crippen LogP contribution in [0.4, 0.5) is 0 Å². The van der Waals surface area contributed by atoms with Crippen molar-refractivity contribution < 1.29 is 9.53 Å². The first-order chi connectivity index (χ1) is 6.17. The molecule has 0 aromatic rings. The van der Waals surface area contributed by atoms with Gasteiger partial charge in [-0.25, -0.2) is 0 Å². The molecule has 2 N–H and O–H groups in total. The molecular weight excluding hydrogens is 202 g/mol. The van der Waals surface area contributed by atoms with Gasteiger partial charge in [-0.05, 0) is 37.0 Å². The number of methoxy groups -OCH3 is 1. The zero-order valence-electron chi connectivity index (χ0n) is 8.49. The van der Waals surface area contributed by atoms with Gasteiger partial charge in [0.2, 0.25) is 0 Å². The molecule has 0 aliphatic heterocycles. The fourth-order valence-electron chi connectivity index (χ4n) is 2.72. The first-order valence-electron chi connectivity index (χ1n) is 5.00. The van der Waals surface area contributed by atoms with Crippen molar-refractivity contribution in [2.24, 2.45) is 17.1 Å². The van der Waals surface area contributed by atoms with Crippen molar-refractivity contribution in [1.29, 1.82) is 0 Å². The summed E-state index contributed by atoms with van der Waals surface area (Å²) in [5, 5.41) is 0. The number of nitrogens with two attached hydrogens (primary N) is 1. The lowest BCUT2D eigenvalue weighted by atomic mass is 9.50. The lowest BCUT2D eigenvalue weighted by Crippen LogP contribution is -2.52. The van der Waals surface area contributed by atoms with Crippen LogP contribution in [0.3, 0.4) is 0 Å². The van der Waals surface area contributed by atoms with Crippen molar-refractivity contribution in [2.75, 3.05) is 7.11 Å². The van der Waals surface area contributed by atoms with Gasteiger partial charge in [0.25, 0.3) is 0 Å². The highest BCUT2D eigenvalue weighted by atomic mass is 35.5. The maximum atomic E-state index is 11.1. The maximum absolute atomic E-state index is 11.1. The molecule has 0 radical (unpaired) electrons. The Morgan fingerprint density at radius 3 is 2.43 bits per heavy atom. The van der Waals surface area contributed by atoms with Crippen molar-refractivity contribution in [1.82, 2.24) is 0 Å². The number of hydrogen-bond donors (Lipinski definition) is 1. The summed E-state index contributed by atoms with van der Waals surface area (Å²) in [6, 6.07) is -0.378. The molecule has 1 unspecified atom stereocenters. The summed E-state index contributed by atoms with van der Waals surface area (Å²) in [6.45, 7) is 0. The van der Waals surface area contributed by atoms with Crippen molar-refractivity contribution in [2.45, 2.75) is 38.1 Å². The molecule has 0 saturated heterocycles. The summed E-state index contributed by atoms with van der Waals surface area (Å²) < 4.78 is 4.62. The Morgan fingerprint density at radius 1 is 1.50 bits per heavy atom. The molecule has 0 amide bonds. The number of ether oxygens (including phenoxy) is 1. The third-order valence-corrected chi connectivity index (χ3v) is 3.79. The van der Waals surface area contributed by atoms with E-state index in [2.05, 4.69) is 4.74 Å². The topological polar surface area (TPSA) is 52.3 Å². The van der Waals surface area contributed by atoms with E-state index in [0.717, 1.165) is 12.8 Å². The van der Waals surface area contributed by atoms with E-state index < -0.39 is 0 Å². The summed E-state index contributed by atoms with van der Waals surface area (Å²) in [5.74, 6) is 0.131. The highest BCUT2D eigenvalue weighted by Crippen LogP contribution is 2.59. The Bertz CT molecular complexity index is 220. The SMILES string of the molecule is COC(=O)C(N)C1CC2(CCC2)C1.Cl. The van der Waals surface area contributed by atoms with Crippen molar-refractivity contribution in [3.05, 3.63) is 0 Å². The van der Waals surface area contributed by atoms with Crippen LogP contribution in [0.2, 0.25) is 0 Å². The highest BCUT2D eigenvalue weighted by Gasteiger charge is 2.51. The zero-order chi connectivity index (χ0) is 9.47. The molecule has 82 valence electrons. The molecule has 2 rings (SSSR count). The normalized spacial score (nSPS) is 25.6. The van der Waals surface area contributed by atoms with Gasteiger partial charge >= 0.3 is 5.97 Å². The van der Waals surface area contributed by atoms with Gasteiger partial charge in [-0.3, -0.25) is 4.79 Å². The van der Waals surface area contributed by atoms with Gasteiger partial charge < -0.3 is 10.5 Å². The van der Waals surface area contributed by atoms with Gasteiger partial charge in [0.05, 0.1) is 7.11 Å². The van der Waals surface area contributed by atoms with E-state index in [9.17, 15) is 4.79 Å². The van der Waals surface area contributed by atoms with Crippen LogP contribution in [0, 0.1) is 11.3 Å². The number of halogens is 1. The lowest BCUT2D eigenvalue weighted by Gasteiger charge is -2.55.